The Labute approximate surface area is 170 Å². The Bertz CT molecular complexity index is 880. The summed E-state index contributed by atoms with van der Waals surface area (Å²) in [5, 5.41) is 0. The van der Waals surface area contributed by atoms with Crippen LogP contribution in [0.4, 0.5) is 5.69 Å². The molecule has 0 unspecified atom stereocenters. The molecule has 0 radical (unpaired) electrons. The third kappa shape index (κ3) is 5.30. The number of rotatable bonds is 8. The van der Waals surface area contributed by atoms with Gasteiger partial charge in [-0.25, -0.2) is 0 Å². The normalized spacial score (nSPS) is 10.4. The van der Waals surface area contributed by atoms with Gasteiger partial charge in [0.05, 0.1) is 26.5 Å². The highest BCUT2D eigenvalue weighted by atomic mass is 32.2. The van der Waals surface area contributed by atoms with Gasteiger partial charge >= 0.3 is 0 Å². The summed E-state index contributed by atoms with van der Waals surface area (Å²) < 4.78 is 10.4. The quantitative estimate of drug-likeness (QED) is 0.503. The lowest BCUT2D eigenvalue weighted by Gasteiger charge is -2.23. The zero-order valence-corrected chi connectivity index (χ0v) is 16.8. The Balaban J connectivity index is 1.75. The molecule has 3 aromatic rings. The highest BCUT2D eigenvalue weighted by Gasteiger charge is 2.17. The number of ether oxygens (including phenoxy) is 2. The summed E-state index contributed by atoms with van der Waals surface area (Å²) in [6, 6.07) is 25.3. The number of nitrogens with zero attached hydrogens (tertiary/aromatic N) is 1. The summed E-state index contributed by atoms with van der Waals surface area (Å²) in [6.45, 7) is 0.523. The van der Waals surface area contributed by atoms with Gasteiger partial charge in [0.2, 0.25) is 5.91 Å². The van der Waals surface area contributed by atoms with Crippen molar-refractivity contribution in [2.45, 2.75) is 11.4 Å². The highest BCUT2D eigenvalue weighted by molar-refractivity contribution is 8.00. The van der Waals surface area contributed by atoms with Gasteiger partial charge in [-0.15, -0.1) is 11.8 Å². The van der Waals surface area contributed by atoms with E-state index in [1.807, 2.05) is 83.8 Å². The van der Waals surface area contributed by atoms with E-state index in [1.54, 1.807) is 14.2 Å². The Kier molecular flexibility index (Phi) is 6.98. The predicted octanol–water partition coefficient (Wildman–Crippen LogP) is 5.03. The second-order valence-corrected chi connectivity index (χ2v) is 7.18. The third-order valence-corrected chi connectivity index (χ3v) is 5.29. The van der Waals surface area contributed by atoms with Crippen LogP contribution < -0.4 is 14.4 Å². The number of hydrogen-bond acceptors (Lipinski definition) is 4. The van der Waals surface area contributed by atoms with E-state index in [2.05, 4.69) is 0 Å². The van der Waals surface area contributed by atoms with Crippen molar-refractivity contribution >= 4 is 23.4 Å². The molecular weight excluding hydrogens is 370 g/mol. The molecule has 1 amide bonds. The van der Waals surface area contributed by atoms with Crippen LogP contribution in [0.1, 0.15) is 5.56 Å². The molecule has 28 heavy (non-hydrogen) atoms. The van der Waals surface area contributed by atoms with Gasteiger partial charge in [0.1, 0.15) is 11.5 Å². The lowest BCUT2D eigenvalue weighted by Crippen LogP contribution is -2.31. The number of amides is 1. The van der Waals surface area contributed by atoms with Crippen LogP contribution in [-0.2, 0) is 11.3 Å². The lowest BCUT2D eigenvalue weighted by atomic mass is 10.2. The number of carbonyl (C=O) groups excluding carboxylic acids is 1. The molecule has 144 valence electrons. The largest absolute Gasteiger partial charge is 0.497 e. The maximum Gasteiger partial charge on any atom is 0.237 e. The van der Waals surface area contributed by atoms with Crippen molar-refractivity contribution in [3.05, 3.63) is 84.4 Å². The van der Waals surface area contributed by atoms with Crippen LogP contribution in [0.5, 0.6) is 11.5 Å². The van der Waals surface area contributed by atoms with E-state index in [-0.39, 0.29) is 5.91 Å². The van der Waals surface area contributed by atoms with Crippen LogP contribution in [0, 0.1) is 0 Å². The van der Waals surface area contributed by atoms with Crippen molar-refractivity contribution in [1.82, 2.24) is 0 Å². The Morgan fingerprint density at radius 3 is 1.96 bits per heavy atom. The Hall–Kier alpha value is -2.92. The molecule has 0 bridgehead atoms. The van der Waals surface area contributed by atoms with Gasteiger partial charge < -0.3 is 14.4 Å². The number of benzene rings is 3. The first-order chi connectivity index (χ1) is 13.7. The fraction of sp³-hybridized carbons (Fsp3) is 0.174. The third-order valence-electron chi connectivity index (χ3n) is 4.29. The molecule has 0 aliphatic heterocycles. The fourth-order valence-corrected chi connectivity index (χ4v) is 3.52. The van der Waals surface area contributed by atoms with Crippen LogP contribution in [0.15, 0.2) is 83.8 Å². The van der Waals surface area contributed by atoms with E-state index >= 15 is 0 Å². The van der Waals surface area contributed by atoms with Crippen molar-refractivity contribution in [3.63, 3.8) is 0 Å². The van der Waals surface area contributed by atoms with Gasteiger partial charge in [-0.05, 0) is 54.1 Å². The van der Waals surface area contributed by atoms with E-state index in [0.29, 0.717) is 12.3 Å². The van der Waals surface area contributed by atoms with Crippen LogP contribution in [0.3, 0.4) is 0 Å². The smallest absolute Gasteiger partial charge is 0.237 e. The summed E-state index contributed by atoms with van der Waals surface area (Å²) >= 11 is 1.52. The van der Waals surface area contributed by atoms with Gasteiger partial charge in [-0.2, -0.15) is 0 Å². The highest BCUT2D eigenvalue weighted by Crippen LogP contribution is 2.25. The number of carbonyl (C=O) groups is 1. The summed E-state index contributed by atoms with van der Waals surface area (Å²) in [7, 11) is 3.27. The molecule has 0 N–H and O–H groups in total. The minimum atomic E-state index is 0.0508. The molecular formula is C23H23NO3S. The molecule has 0 saturated heterocycles. The second-order valence-electron chi connectivity index (χ2n) is 6.13. The average molecular weight is 394 g/mol. The summed E-state index contributed by atoms with van der Waals surface area (Å²) in [5.74, 6) is 1.98. The van der Waals surface area contributed by atoms with Crippen LogP contribution >= 0.6 is 11.8 Å². The molecule has 0 aromatic heterocycles. The van der Waals surface area contributed by atoms with E-state index in [1.165, 1.54) is 11.8 Å². The zero-order chi connectivity index (χ0) is 19.8. The molecule has 0 aliphatic carbocycles. The minimum absolute atomic E-state index is 0.0508. The van der Waals surface area contributed by atoms with E-state index < -0.39 is 0 Å². The van der Waals surface area contributed by atoms with Crippen molar-refractivity contribution < 1.29 is 14.3 Å². The molecule has 0 saturated carbocycles. The SMILES string of the molecule is COc1ccc(SCC(=O)N(Cc2ccccc2)c2ccc(OC)cc2)cc1. The first-order valence-electron chi connectivity index (χ1n) is 8.95. The van der Waals surface area contributed by atoms with Crippen LogP contribution in [0.2, 0.25) is 0 Å². The Morgan fingerprint density at radius 1 is 0.821 bits per heavy atom. The van der Waals surface area contributed by atoms with Crippen molar-refractivity contribution in [1.29, 1.82) is 0 Å². The van der Waals surface area contributed by atoms with Gasteiger partial charge in [0, 0.05) is 10.6 Å². The van der Waals surface area contributed by atoms with Crippen molar-refractivity contribution in [2.75, 3.05) is 24.9 Å². The zero-order valence-electron chi connectivity index (χ0n) is 16.0. The molecule has 3 aromatic carbocycles. The topological polar surface area (TPSA) is 38.8 Å². The van der Waals surface area contributed by atoms with E-state index in [9.17, 15) is 4.79 Å². The number of hydrogen-bond donors (Lipinski definition) is 0. The summed E-state index contributed by atoms with van der Waals surface area (Å²) in [4.78, 5) is 15.9. The number of anilines is 1. The van der Waals surface area contributed by atoms with Gasteiger partial charge in [-0.1, -0.05) is 30.3 Å². The maximum absolute atomic E-state index is 13.0. The first-order valence-corrected chi connectivity index (χ1v) is 9.93. The van der Waals surface area contributed by atoms with Crippen molar-refractivity contribution in [3.8, 4) is 11.5 Å². The molecule has 3 rings (SSSR count). The molecule has 0 fully saturated rings. The molecule has 4 nitrogen and oxygen atoms in total. The summed E-state index contributed by atoms with van der Waals surface area (Å²) in [5.41, 5.74) is 1.94. The van der Waals surface area contributed by atoms with E-state index in [0.717, 1.165) is 27.6 Å². The lowest BCUT2D eigenvalue weighted by molar-refractivity contribution is -0.116. The standard InChI is InChI=1S/C23H23NO3S/c1-26-20-10-8-19(9-11-20)24(16-18-6-4-3-5-7-18)23(25)17-28-22-14-12-21(27-2)13-15-22/h3-15H,16-17H2,1-2H3. The minimum Gasteiger partial charge on any atom is -0.497 e. The second kappa shape index (κ2) is 9.85. The molecule has 0 atom stereocenters. The summed E-state index contributed by atoms with van der Waals surface area (Å²) in [6.07, 6.45) is 0. The number of methoxy groups -OCH3 is 2. The van der Waals surface area contributed by atoms with Gasteiger partial charge in [0.25, 0.3) is 0 Å². The van der Waals surface area contributed by atoms with Crippen LogP contribution in [0.25, 0.3) is 0 Å². The predicted molar refractivity (Wildman–Crippen MR) is 114 cm³/mol. The maximum atomic E-state index is 13.0. The molecule has 0 spiro atoms. The van der Waals surface area contributed by atoms with E-state index in [4.69, 9.17) is 9.47 Å². The molecule has 5 heteroatoms. The molecule has 0 heterocycles. The van der Waals surface area contributed by atoms with Gasteiger partial charge in [-0.3, -0.25) is 4.79 Å². The number of thioether (sulfide) groups is 1. The molecule has 0 aliphatic rings. The monoisotopic (exact) mass is 393 g/mol. The van der Waals surface area contributed by atoms with Crippen molar-refractivity contribution in [2.24, 2.45) is 0 Å². The Morgan fingerprint density at radius 2 is 1.39 bits per heavy atom. The van der Waals surface area contributed by atoms with Gasteiger partial charge in [0.15, 0.2) is 0 Å². The first kappa shape index (κ1) is 19.8. The average Bonchev–Trinajstić information content (AvgIpc) is 2.77. The fourth-order valence-electron chi connectivity index (χ4n) is 2.75. The van der Waals surface area contributed by atoms with Crippen LogP contribution in [-0.4, -0.2) is 25.9 Å².